The highest BCUT2D eigenvalue weighted by molar-refractivity contribution is 6.30. The molecular formula is C23H24ClN3O2. The summed E-state index contributed by atoms with van der Waals surface area (Å²) >= 11 is 6.01. The molecule has 1 N–H and O–H groups in total. The van der Waals surface area contributed by atoms with Crippen molar-refractivity contribution in [2.24, 2.45) is 0 Å². The van der Waals surface area contributed by atoms with Crippen molar-refractivity contribution in [2.75, 3.05) is 12.4 Å². The molecule has 1 amide bonds. The number of rotatable bonds is 8. The van der Waals surface area contributed by atoms with Gasteiger partial charge >= 0.3 is 0 Å². The van der Waals surface area contributed by atoms with E-state index in [1.807, 2.05) is 54.6 Å². The molecule has 0 aliphatic heterocycles. The Morgan fingerprint density at radius 3 is 2.10 bits per heavy atom. The van der Waals surface area contributed by atoms with Crippen LogP contribution >= 0.6 is 11.6 Å². The summed E-state index contributed by atoms with van der Waals surface area (Å²) in [5.41, 5.74) is 3.24. The Bertz CT molecular complexity index is 957. The van der Waals surface area contributed by atoms with Crippen molar-refractivity contribution in [3.63, 3.8) is 0 Å². The molecule has 0 bridgehead atoms. The Hall–Kier alpha value is -2.92. The molecule has 0 saturated carbocycles. The summed E-state index contributed by atoms with van der Waals surface area (Å²) in [5, 5.41) is 3.50. The predicted molar refractivity (Wildman–Crippen MR) is 117 cm³/mol. The SMILES string of the molecule is CCCCCC(=O)Nc1nc(-c2ccc(Cl)cc2)cc(-c2ccc(OC)cc2)n1. The second-order valence-corrected chi connectivity index (χ2v) is 7.14. The van der Waals surface area contributed by atoms with Crippen LogP contribution in [0.15, 0.2) is 54.6 Å². The van der Waals surface area contributed by atoms with Gasteiger partial charge in [0.25, 0.3) is 0 Å². The number of carbonyl (C=O) groups is 1. The van der Waals surface area contributed by atoms with Crippen LogP contribution in [0, 0.1) is 0 Å². The van der Waals surface area contributed by atoms with E-state index in [2.05, 4.69) is 22.2 Å². The van der Waals surface area contributed by atoms with Crippen LogP contribution < -0.4 is 10.1 Å². The largest absolute Gasteiger partial charge is 0.497 e. The summed E-state index contributed by atoms with van der Waals surface area (Å²) < 4.78 is 5.23. The third-order valence-electron chi connectivity index (χ3n) is 4.51. The van der Waals surface area contributed by atoms with Crippen molar-refractivity contribution >= 4 is 23.5 Å². The number of methoxy groups -OCH3 is 1. The van der Waals surface area contributed by atoms with E-state index in [1.165, 1.54) is 0 Å². The number of anilines is 1. The second kappa shape index (κ2) is 10.0. The van der Waals surface area contributed by atoms with Gasteiger partial charge in [-0.15, -0.1) is 0 Å². The van der Waals surface area contributed by atoms with Crippen LogP contribution in [0.5, 0.6) is 5.75 Å². The molecule has 0 radical (unpaired) electrons. The van der Waals surface area contributed by atoms with E-state index in [1.54, 1.807) is 7.11 Å². The molecule has 0 saturated heterocycles. The molecule has 0 spiro atoms. The summed E-state index contributed by atoms with van der Waals surface area (Å²) in [6.07, 6.45) is 3.40. The predicted octanol–water partition coefficient (Wildman–Crippen LogP) is 5.99. The molecule has 0 aliphatic carbocycles. The fraction of sp³-hybridized carbons (Fsp3) is 0.261. The zero-order valence-corrected chi connectivity index (χ0v) is 17.4. The number of ether oxygens (including phenoxy) is 1. The highest BCUT2D eigenvalue weighted by Crippen LogP contribution is 2.27. The van der Waals surface area contributed by atoms with Crippen LogP contribution in [0.3, 0.4) is 0 Å². The van der Waals surface area contributed by atoms with Crippen LogP contribution in [0.4, 0.5) is 5.95 Å². The lowest BCUT2D eigenvalue weighted by molar-refractivity contribution is -0.116. The van der Waals surface area contributed by atoms with E-state index >= 15 is 0 Å². The molecule has 0 aliphatic rings. The number of halogens is 1. The van der Waals surface area contributed by atoms with Gasteiger partial charge in [-0.3, -0.25) is 10.1 Å². The minimum atomic E-state index is -0.0765. The standard InChI is InChI=1S/C23H24ClN3O2/c1-3-4-5-6-22(28)27-23-25-20(16-7-11-18(24)12-8-16)15-21(26-23)17-9-13-19(29-2)14-10-17/h7-15H,3-6H2,1-2H3,(H,25,26,27,28). The average Bonchev–Trinajstić information content (AvgIpc) is 2.74. The summed E-state index contributed by atoms with van der Waals surface area (Å²) in [6, 6.07) is 16.9. The van der Waals surface area contributed by atoms with E-state index in [4.69, 9.17) is 16.3 Å². The molecule has 2 aromatic carbocycles. The first-order valence-corrected chi connectivity index (χ1v) is 10.1. The van der Waals surface area contributed by atoms with Gasteiger partial charge in [-0.05, 0) is 48.9 Å². The monoisotopic (exact) mass is 409 g/mol. The Morgan fingerprint density at radius 1 is 0.966 bits per heavy atom. The van der Waals surface area contributed by atoms with E-state index < -0.39 is 0 Å². The van der Waals surface area contributed by atoms with Crippen molar-refractivity contribution < 1.29 is 9.53 Å². The van der Waals surface area contributed by atoms with Gasteiger partial charge in [0.05, 0.1) is 18.5 Å². The van der Waals surface area contributed by atoms with E-state index in [0.717, 1.165) is 41.8 Å². The van der Waals surface area contributed by atoms with Crippen molar-refractivity contribution in [3.8, 4) is 28.3 Å². The number of hydrogen-bond donors (Lipinski definition) is 1. The first kappa shape index (κ1) is 20.8. The molecule has 0 unspecified atom stereocenters. The lowest BCUT2D eigenvalue weighted by Gasteiger charge is -2.10. The molecule has 3 aromatic rings. The van der Waals surface area contributed by atoms with Crippen molar-refractivity contribution in [2.45, 2.75) is 32.6 Å². The molecule has 0 fully saturated rings. The quantitative estimate of drug-likeness (QED) is 0.464. The molecule has 1 aromatic heterocycles. The molecule has 29 heavy (non-hydrogen) atoms. The Balaban J connectivity index is 1.94. The first-order valence-electron chi connectivity index (χ1n) is 9.68. The molecule has 6 heteroatoms. The highest BCUT2D eigenvalue weighted by Gasteiger charge is 2.11. The second-order valence-electron chi connectivity index (χ2n) is 6.70. The number of carbonyl (C=O) groups excluding carboxylic acids is 1. The summed E-state index contributed by atoms with van der Waals surface area (Å²) in [6.45, 7) is 2.11. The summed E-state index contributed by atoms with van der Waals surface area (Å²) in [5.74, 6) is 0.988. The van der Waals surface area contributed by atoms with Gasteiger partial charge in [0.1, 0.15) is 5.75 Å². The van der Waals surface area contributed by atoms with Crippen LogP contribution in [0.25, 0.3) is 22.5 Å². The van der Waals surface area contributed by atoms with E-state index in [0.29, 0.717) is 23.1 Å². The molecule has 3 rings (SSSR count). The fourth-order valence-corrected chi connectivity index (χ4v) is 3.03. The minimum Gasteiger partial charge on any atom is -0.497 e. The van der Waals surface area contributed by atoms with Crippen LogP contribution in [0.1, 0.15) is 32.6 Å². The van der Waals surface area contributed by atoms with Gasteiger partial charge in [0, 0.05) is 22.6 Å². The molecular weight excluding hydrogens is 386 g/mol. The maximum Gasteiger partial charge on any atom is 0.230 e. The van der Waals surface area contributed by atoms with Gasteiger partial charge in [-0.25, -0.2) is 9.97 Å². The number of benzene rings is 2. The number of amides is 1. The van der Waals surface area contributed by atoms with Gasteiger partial charge in [-0.1, -0.05) is 43.5 Å². The maximum atomic E-state index is 12.3. The lowest BCUT2D eigenvalue weighted by Crippen LogP contribution is -2.14. The number of nitrogens with one attached hydrogen (secondary N) is 1. The number of aromatic nitrogens is 2. The molecule has 0 atom stereocenters. The van der Waals surface area contributed by atoms with Gasteiger partial charge in [0.15, 0.2) is 0 Å². The smallest absolute Gasteiger partial charge is 0.230 e. The zero-order chi connectivity index (χ0) is 20.6. The Kier molecular flexibility index (Phi) is 7.19. The van der Waals surface area contributed by atoms with Gasteiger partial charge < -0.3 is 4.74 Å². The van der Waals surface area contributed by atoms with Crippen molar-refractivity contribution in [1.29, 1.82) is 0 Å². The Morgan fingerprint density at radius 2 is 1.55 bits per heavy atom. The van der Waals surface area contributed by atoms with Crippen LogP contribution in [-0.4, -0.2) is 23.0 Å². The number of nitrogens with zero attached hydrogens (tertiary/aromatic N) is 2. The van der Waals surface area contributed by atoms with E-state index in [9.17, 15) is 4.79 Å². The molecule has 5 nitrogen and oxygen atoms in total. The van der Waals surface area contributed by atoms with Crippen molar-refractivity contribution in [3.05, 3.63) is 59.6 Å². The fourth-order valence-electron chi connectivity index (χ4n) is 2.90. The first-order chi connectivity index (χ1) is 14.1. The lowest BCUT2D eigenvalue weighted by atomic mass is 10.1. The number of unbranched alkanes of at least 4 members (excludes halogenated alkanes) is 2. The third-order valence-corrected chi connectivity index (χ3v) is 4.76. The van der Waals surface area contributed by atoms with Crippen LogP contribution in [-0.2, 0) is 4.79 Å². The molecule has 1 heterocycles. The maximum absolute atomic E-state index is 12.3. The highest BCUT2D eigenvalue weighted by atomic mass is 35.5. The normalized spacial score (nSPS) is 10.6. The summed E-state index contributed by atoms with van der Waals surface area (Å²) in [4.78, 5) is 21.4. The van der Waals surface area contributed by atoms with E-state index in [-0.39, 0.29) is 5.91 Å². The number of hydrogen-bond acceptors (Lipinski definition) is 4. The van der Waals surface area contributed by atoms with Gasteiger partial charge in [0.2, 0.25) is 11.9 Å². The topological polar surface area (TPSA) is 64.1 Å². The third kappa shape index (κ3) is 5.78. The Labute approximate surface area is 176 Å². The average molecular weight is 410 g/mol. The van der Waals surface area contributed by atoms with Crippen molar-refractivity contribution in [1.82, 2.24) is 9.97 Å². The molecule has 150 valence electrons. The summed E-state index contributed by atoms with van der Waals surface area (Å²) in [7, 11) is 1.63. The van der Waals surface area contributed by atoms with Gasteiger partial charge in [-0.2, -0.15) is 0 Å². The zero-order valence-electron chi connectivity index (χ0n) is 16.6. The minimum absolute atomic E-state index is 0.0765. The van der Waals surface area contributed by atoms with Crippen LogP contribution in [0.2, 0.25) is 5.02 Å².